The predicted molar refractivity (Wildman–Crippen MR) is 65.8 cm³/mol. The summed E-state index contributed by atoms with van der Waals surface area (Å²) in [6.45, 7) is 11.5. The molecule has 0 saturated heterocycles. The minimum absolute atomic E-state index is 0. The van der Waals surface area contributed by atoms with Crippen LogP contribution >= 0.6 is 0 Å². The SMILES string of the molecule is CCCC.CCCC.C[C@H]([O-])[C@H](C)[O-].[Sn+2]. The van der Waals surface area contributed by atoms with Crippen LogP contribution in [0.3, 0.4) is 0 Å². The van der Waals surface area contributed by atoms with E-state index in [4.69, 9.17) is 0 Å². The Kier molecular flexibility index (Phi) is 39.9. The molecular weight excluding hydrogens is 295 g/mol. The molecule has 15 heavy (non-hydrogen) atoms. The van der Waals surface area contributed by atoms with Crippen LogP contribution < -0.4 is 10.2 Å². The first kappa shape index (κ1) is 24.8. The van der Waals surface area contributed by atoms with Crippen LogP contribution in [-0.2, 0) is 0 Å². The second kappa shape index (κ2) is 24.1. The van der Waals surface area contributed by atoms with Crippen LogP contribution in [0, 0.1) is 0 Å². The molecule has 0 aliphatic heterocycles. The smallest absolute Gasteiger partial charge is 0.853 e. The molecule has 0 N–H and O–H groups in total. The molecule has 0 saturated carbocycles. The maximum absolute atomic E-state index is 9.91. The molecule has 0 fully saturated rings. The molecule has 0 aliphatic rings. The van der Waals surface area contributed by atoms with Crippen molar-refractivity contribution in [2.24, 2.45) is 0 Å². The third-order valence-electron chi connectivity index (χ3n) is 1.66. The van der Waals surface area contributed by atoms with Gasteiger partial charge in [0.15, 0.2) is 0 Å². The molecule has 0 amide bonds. The van der Waals surface area contributed by atoms with Gasteiger partial charge in [0.25, 0.3) is 0 Å². The fourth-order valence-electron chi connectivity index (χ4n) is 0. The van der Waals surface area contributed by atoms with Crippen LogP contribution in [0.5, 0.6) is 0 Å². The maximum Gasteiger partial charge on any atom is 2.00 e. The molecule has 0 rings (SSSR count). The van der Waals surface area contributed by atoms with Crippen molar-refractivity contribution in [2.45, 2.75) is 79.4 Å². The van der Waals surface area contributed by atoms with Gasteiger partial charge in [0.2, 0.25) is 0 Å². The van der Waals surface area contributed by atoms with Gasteiger partial charge >= 0.3 is 23.9 Å². The van der Waals surface area contributed by atoms with E-state index in [-0.39, 0.29) is 23.9 Å². The second-order valence-corrected chi connectivity index (χ2v) is 3.41. The fraction of sp³-hybridized carbons (Fsp3) is 1.00. The van der Waals surface area contributed by atoms with E-state index >= 15 is 0 Å². The fourth-order valence-corrected chi connectivity index (χ4v) is 0. The summed E-state index contributed by atoms with van der Waals surface area (Å²) < 4.78 is 0. The first-order chi connectivity index (χ1) is 6.47. The normalized spacial score (nSPS) is 12.0. The van der Waals surface area contributed by atoms with E-state index in [0.717, 1.165) is 0 Å². The van der Waals surface area contributed by atoms with Crippen molar-refractivity contribution in [1.29, 1.82) is 0 Å². The Morgan fingerprint density at radius 2 is 0.800 bits per heavy atom. The molecule has 0 bridgehead atoms. The summed E-state index contributed by atoms with van der Waals surface area (Å²) in [5.41, 5.74) is 0. The number of unbranched alkanes of at least 4 members (excludes halogenated alkanes) is 2. The van der Waals surface area contributed by atoms with Crippen molar-refractivity contribution in [3.8, 4) is 0 Å². The molecule has 2 nitrogen and oxygen atoms in total. The van der Waals surface area contributed by atoms with Gasteiger partial charge in [0.1, 0.15) is 0 Å². The second-order valence-electron chi connectivity index (χ2n) is 3.41. The molecule has 2 atom stereocenters. The van der Waals surface area contributed by atoms with Crippen molar-refractivity contribution in [1.82, 2.24) is 0 Å². The van der Waals surface area contributed by atoms with E-state index in [0.29, 0.717) is 0 Å². The average molecular weight is 323 g/mol. The van der Waals surface area contributed by atoms with Gasteiger partial charge in [-0.05, 0) is 0 Å². The van der Waals surface area contributed by atoms with Crippen LogP contribution in [0.2, 0.25) is 0 Å². The summed E-state index contributed by atoms with van der Waals surface area (Å²) in [5, 5.41) is 19.8. The number of hydrogen-bond donors (Lipinski definition) is 0. The Labute approximate surface area is 113 Å². The van der Waals surface area contributed by atoms with Gasteiger partial charge in [-0.3, -0.25) is 0 Å². The first-order valence-electron chi connectivity index (χ1n) is 5.79. The number of rotatable bonds is 3. The molecule has 0 aromatic heterocycles. The Morgan fingerprint density at radius 3 is 0.800 bits per heavy atom. The zero-order valence-corrected chi connectivity index (χ0v) is 14.2. The average Bonchev–Trinajstić information content (AvgIpc) is 2.18. The predicted octanol–water partition coefficient (Wildman–Crippen LogP) is 1.72. The van der Waals surface area contributed by atoms with Crippen molar-refractivity contribution in [3.05, 3.63) is 0 Å². The van der Waals surface area contributed by atoms with Crippen LogP contribution in [0.25, 0.3) is 0 Å². The minimum Gasteiger partial charge on any atom is -0.853 e. The van der Waals surface area contributed by atoms with Crippen molar-refractivity contribution in [3.63, 3.8) is 0 Å². The van der Waals surface area contributed by atoms with Gasteiger partial charge in [-0.1, -0.05) is 67.2 Å². The summed E-state index contributed by atoms with van der Waals surface area (Å²) in [5.74, 6) is 0. The Bertz CT molecular complexity index is 62.0. The van der Waals surface area contributed by atoms with Gasteiger partial charge in [-0.25, -0.2) is 0 Å². The molecule has 0 aromatic rings. The van der Waals surface area contributed by atoms with E-state index in [1.54, 1.807) is 0 Å². The Morgan fingerprint density at radius 1 is 0.667 bits per heavy atom. The maximum atomic E-state index is 9.91. The molecule has 0 aliphatic carbocycles. The van der Waals surface area contributed by atoms with E-state index in [1.165, 1.54) is 39.5 Å². The van der Waals surface area contributed by atoms with Gasteiger partial charge in [0, 0.05) is 0 Å². The summed E-state index contributed by atoms with van der Waals surface area (Å²) >= 11 is 0. The summed E-state index contributed by atoms with van der Waals surface area (Å²) in [6.07, 6.45) is 3.37. The van der Waals surface area contributed by atoms with Crippen molar-refractivity contribution >= 4 is 23.9 Å². The van der Waals surface area contributed by atoms with E-state index < -0.39 is 12.2 Å². The van der Waals surface area contributed by atoms with Gasteiger partial charge in [0.05, 0.1) is 0 Å². The summed E-state index contributed by atoms with van der Waals surface area (Å²) in [4.78, 5) is 0. The molecule has 0 spiro atoms. The van der Waals surface area contributed by atoms with Crippen LogP contribution in [0.4, 0.5) is 0 Å². The van der Waals surface area contributed by atoms with E-state index in [2.05, 4.69) is 27.7 Å². The Balaban J connectivity index is -0.0000000606. The minimum atomic E-state index is -0.954. The largest absolute Gasteiger partial charge is 2.00 e. The Hall–Kier alpha value is 0.719. The molecule has 0 unspecified atom stereocenters. The van der Waals surface area contributed by atoms with Gasteiger partial charge < -0.3 is 10.2 Å². The van der Waals surface area contributed by atoms with E-state index in [9.17, 15) is 10.2 Å². The van der Waals surface area contributed by atoms with Crippen LogP contribution in [0.1, 0.15) is 67.2 Å². The first-order valence-corrected chi connectivity index (χ1v) is 5.79. The molecule has 3 heteroatoms. The summed E-state index contributed by atoms with van der Waals surface area (Å²) in [7, 11) is 0. The molecule has 0 aromatic carbocycles. The molecular formula is C12H28O2Sn. The number of hydrogen-bond acceptors (Lipinski definition) is 2. The zero-order valence-electron chi connectivity index (χ0n) is 11.3. The van der Waals surface area contributed by atoms with Crippen molar-refractivity contribution < 1.29 is 10.2 Å². The topological polar surface area (TPSA) is 46.1 Å². The van der Waals surface area contributed by atoms with Gasteiger partial charge in [-0.15, -0.1) is 12.2 Å². The third kappa shape index (κ3) is 52.7. The van der Waals surface area contributed by atoms with Gasteiger partial charge in [-0.2, -0.15) is 0 Å². The monoisotopic (exact) mass is 324 g/mol. The standard InChI is InChI=1S/C4H8O2.2C4H10.Sn/c1-3(5)4(2)6;2*1-3-4-2;/h3-4H,1-2H3;2*3-4H2,1-2H3;/q-2;;;+2/t3-,4-;;;/m0.../s1. The van der Waals surface area contributed by atoms with Crippen molar-refractivity contribution in [2.75, 3.05) is 0 Å². The summed E-state index contributed by atoms with van der Waals surface area (Å²) in [6, 6.07) is 0. The third-order valence-corrected chi connectivity index (χ3v) is 1.66. The zero-order chi connectivity index (χ0) is 12.0. The van der Waals surface area contributed by atoms with Crippen LogP contribution in [0.15, 0.2) is 0 Å². The quantitative estimate of drug-likeness (QED) is 0.743. The molecule has 92 valence electrons. The molecule has 2 radical (unpaired) electrons. The molecule has 0 heterocycles. The van der Waals surface area contributed by atoms with Crippen LogP contribution in [-0.4, -0.2) is 36.1 Å². The van der Waals surface area contributed by atoms with E-state index in [1.807, 2.05) is 0 Å².